The minimum absolute atomic E-state index is 0.101. The molecule has 1 aliphatic rings. The highest BCUT2D eigenvalue weighted by Crippen LogP contribution is 2.19. The number of urea groups is 1. The number of aromatic nitrogens is 3. The van der Waals surface area contributed by atoms with E-state index in [1.807, 2.05) is 6.92 Å². The van der Waals surface area contributed by atoms with Gasteiger partial charge in [0.25, 0.3) is 0 Å². The van der Waals surface area contributed by atoms with Gasteiger partial charge in [0.2, 0.25) is 10.0 Å². The van der Waals surface area contributed by atoms with Crippen LogP contribution in [0.5, 0.6) is 0 Å². The molecular formula is C15H22N6O3S. The lowest BCUT2D eigenvalue weighted by atomic mass is 9.97. The summed E-state index contributed by atoms with van der Waals surface area (Å²) in [7, 11) is -3.20. The van der Waals surface area contributed by atoms with Gasteiger partial charge in [0, 0.05) is 25.3 Å². The van der Waals surface area contributed by atoms with Crippen LogP contribution in [0.3, 0.4) is 0 Å². The molecule has 2 aromatic rings. The summed E-state index contributed by atoms with van der Waals surface area (Å²) in [6.45, 7) is 2.90. The summed E-state index contributed by atoms with van der Waals surface area (Å²) in [5.41, 5.74) is 1.33. The fraction of sp³-hybridized carbons (Fsp3) is 0.533. The van der Waals surface area contributed by atoms with E-state index in [1.54, 1.807) is 12.3 Å². The highest BCUT2D eigenvalue weighted by Gasteiger charge is 2.28. The molecule has 0 radical (unpaired) electrons. The fourth-order valence-corrected chi connectivity index (χ4v) is 3.86. The van der Waals surface area contributed by atoms with E-state index >= 15 is 0 Å². The van der Waals surface area contributed by atoms with Crippen molar-refractivity contribution < 1.29 is 13.2 Å². The number of rotatable bonds is 3. The van der Waals surface area contributed by atoms with Crippen molar-refractivity contribution in [3.63, 3.8) is 0 Å². The molecule has 1 fully saturated rings. The maximum absolute atomic E-state index is 12.3. The topological polar surface area (TPSA) is 120 Å². The molecule has 25 heavy (non-hydrogen) atoms. The molecule has 0 spiro atoms. The number of anilines is 1. The Hall–Kier alpha value is -2.20. The summed E-state index contributed by atoms with van der Waals surface area (Å²) in [5.74, 6) is 0.541. The van der Waals surface area contributed by atoms with Gasteiger partial charge in [-0.2, -0.15) is 0 Å². The quantitative estimate of drug-likeness (QED) is 0.752. The smallest absolute Gasteiger partial charge is 0.320 e. The number of amides is 2. The summed E-state index contributed by atoms with van der Waals surface area (Å²) in [4.78, 5) is 23.7. The number of carbonyl (C=O) groups is 1. The molecule has 0 saturated carbocycles. The van der Waals surface area contributed by atoms with Gasteiger partial charge in [-0.1, -0.05) is 6.92 Å². The number of fused-ring (bicyclic) bond motifs is 1. The largest absolute Gasteiger partial charge is 0.345 e. The zero-order chi connectivity index (χ0) is 18.0. The van der Waals surface area contributed by atoms with Crippen LogP contribution in [-0.4, -0.2) is 59.1 Å². The van der Waals surface area contributed by atoms with Crippen molar-refractivity contribution in [1.82, 2.24) is 24.6 Å². The van der Waals surface area contributed by atoms with E-state index in [2.05, 4.69) is 25.6 Å². The molecule has 9 nitrogen and oxygen atoms in total. The van der Waals surface area contributed by atoms with Crippen molar-refractivity contribution in [3.05, 3.63) is 18.5 Å². The van der Waals surface area contributed by atoms with Crippen LogP contribution in [0.25, 0.3) is 11.2 Å². The van der Waals surface area contributed by atoms with Crippen LogP contribution in [0.15, 0.2) is 18.5 Å². The zero-order valence-corrected chi connectivity index (χ0v) is 15.0. The Morgan fingerprint density at radius 2 is 2.12 bits per heavy atom. The Morgan fingerprint density at radius 1 is 1.36 bits per heavy atom. The molecule has 2 amide bonds. The van der Waals surface area contributed by atoms with Crippen molar-refractivity contribution in [2.45, 2.75) is 25.8 Å². The first kappa shape index (κ1) is 17.6. The first-order valence-electron chi connectivity index (χ1n) is 8.15. The number of H-pyrrole nitrogens is 1. The molecule has 2 atom stereocenters. The van der Waals surface area contributed by atoms with Crippen LogP contribution < -0.4 is 10.6 Å². The van der Waals surface area contributed by atoms with Crippen LogP contribution in [0.2, 0.25) is 0 Å². The molecule has 1 saturated heterocycles. The van der Waals surface area contributed by atoms with Gasteiger partial charge in [0.15, 0.2) is 11.5 Å². The van der Waals surface area contributed by atoms with Crippen molar-refractivity contribution in [2.24, 2.45) is 5.92 Å². The second-order valence-electron chi connectivity index (χ2n) is 6.39. The summed E-state index contributed by atoms with van der Waals surface area (Å²) in [6.07, 6.45) is 5.71. The van der Waals surface area contributed by atoms with E-state index < -0.39 is 10.0 Å². The minimum Gasteiger partial charge on any atom is -0.345 e. The number of aromatic amines is 1. The molecule has 1 aliphatic heterocycles. The average molecular weight is 366 g/mol. The number of nitrogens with zero attached hydrogens (tertiary/aromatic N) is 3. The predicted octanol–water partition coefficient (Wildman–Crippen LogP) is 1.14. The van der Waals surface area contributed by atoms with E-state index in [-0.39, 0.29) is 18.0 Å². The molecule has 3 heterocycles. The first-order chi connectivity index (χ1) is 11.8. The zero-order valence-electron chi connectivity index (χ0n) is 14.2. The van der Waals surface area contributed by atoms with Crippen LogP contribution in [0.1, 0.15) is 19.8 Å². The van der Waals surface area contributed by atoms with E-state index in [4.69, 9.17) is 0 Å². The average Bonchev–Trinajstić information content (AvgIpc) is 2.91. The number of nitrogens with one attached hydrogen (secondary N) is 3. The number of hydrogen-bond donors (Lipinski definition) is 3. The van der Waals surface area contributed by atoms with Crippen LogP contribution in [0, 0.1) is 5.92 Å². The van der Waals surface area contributed by atoms with Gasteiger partial charge < -0.3 is 10.3 Å². The van der Waals surface area contributed by atoms with E-state index in [0.29, 0.717) is 42.9 Å². The molecule has 2 unspecified atom stereocenters. The predicted molar refractivity (Wildman–Crippen MR) is 94.6 cm³/mol. The summed E-state index contributed by atoms with van der Waals surface area (Å²) in [5, 5.41) is 5.61. The van der Waals surface area contributed by atoms with E-state index in [9.17, 15) is 13.2 Å². The van der Waals surface area contributed by atoms with Gasteiger partial charge in [0.1, 0.15) is 5.52 Å². The van der Waals surface area contributed by atoms with Crippen LogP contribution >= 0.6 is 0 Å². The van der Waals surface area contributed by atoms with Gasteiger partial charge in [-0.25, -0.2) is 27.5 Å². The third kappa shape index (κ3) is 4.26. The van der Waals surface area contributed by atoms with Crippen molar-refractivity contribution in [2.75, 3.05) is 24.7 Å². The van der Waals surface area contributed by atoms with Gasteiger partial charge in [0.05, 0.1) is 12.5 Å². The Bertz CT molecular complexity index is 865. The lowest BCUT2D eigenvalue weighted by molar-refractivity contribution is 0.242. The first-order valence-corrected chi connectivity index (χ1v) is 10.0. The van der Waals surface area contributed by atoms with E-state index in [0.717, 1.165) is 0 Å². The van der Waals surface area contributed by atoms with E-state index in [1.165, 1.54) is 16.8 Å². The van der Waals surface area contributed by atoms with Gasteiger partial charge in [-0.15, -0.1) is 0 Å². The van der Waals surface area contributed by atoms with Gasteiger partial charge in [-0.05, 0) is 24.8 Å². The molecule has 3 rings (SSSR count). The minimum atomic E-state index is -3.20. The fourth-order valence-electron chi connectivity index (χ4n) is 2.99. The summed E-state index contributed by atoms with van der Waals surface area (Å²) >= 11 is 0. The van der Waals surface area contributed by atoms with Crippen molar-refractivity contribution in [1.29, 1.82) is 0 Å². The number of hydrogen-bond acceptors (Lipinski definition) is 5. The number of carbonyl (C=O) groups excluding carboxylic acids is 1. The van der Waals surface area contributed by atoms with Crippen molar-refractivity contribution in [3.8, 4) is 0 Å². The molecule has 0 bridgehead atoms. The second-order valence-corrected chi connectivity index (χ2v) is 8.37. The maximum Gasteiger partial charge on any atom is 0.320 e. The molecule has 0 aromatic carbocycles. The lowest BCUT2D eigenvalue weighted by Crippen LogP contribution is -2.42. The molecule has 10 heteroatoms. The highest BCUT2D eigenvalue weighted by molar-refractivity contribution is 7.88. The van der Waals surface area contributed by atoms with Crippen LogP contribution in [0.4, 0.5) is 10.6 Å². The summed E-state index contributed by atoms with van der Waals surface area (Å²) < 4.78 is 24.9. The monoisotopic (exact) mass is 366 g/mol. The Balaban J connectivity index is 1.61. The Kier molecular flexibility index (Phi) is 4.91. The Labute approximate surface area is 146 Å². The van der Waals surface area contributed by atoms with Gasteiger partial charge in [-0.3, -0.25) is 5.32 Å². The third-order valence-electron chi connectivity index (χ3n) is 4.50. The molecule has 0 aliphatic carbocycles. The molecular weight excluding hydrogens is 344 g/mol. The SMILES string of the molecule is CC1CCN(S(C)(=O)=O)CCC1NC(=O)Nc1cnc2[nH]ccc2n1. The number of sulfonamides is 1. The normalized spacial score (nSPS) is 22.5. The van der Waals surface area contributed by atoms with Gasteiger partial charge >= 0.3 is 6.03 Å². The molecule has 136 valence electrons. The second kappa shape index (κ2) is 6.96. The highest BCUT2D eigenvalue weighted by atomic mass is 32.2. The molecule has 3 N–H and O–H groups in total. The lowest BCUT2D eigenvalue weighted by Gasteiger charge is -2.22. The van der Waals surface area contributed by atoms with Crippen LogP contribution in [-0.2, 0) is 10.0 Å². The standard InChI is InChI=1S/C15H22N6O3S/c1-10-4-7-21(25(2,23)24)8-5-11(10)19-15(22)20-13-9-17-14-12(18-13)3-6-16-14/h3,6,9-11H,4-5,7-8H2,1-2H3,(H,16,17)(H2,18,19,20,22). The Morgan fingerprint density at radius 3 is 2.88 bits per heavy atom. The maximum atomic E-state index is 12.3. The van der Waals surface area contributed by atoms with Crippen molar-refractivity contribution >= 4 is 33.0 Å². The molecule has 2 aromatic heterocycles. The third-order valence-corrected chi connectivity index (χ3v) is 5.80. The summed E-state index contributed by atoms with van der Waals surface area (Å²) in [6, 6.07) is 1.31.